The van der Waals surface area contributed by atoms with Gasteiger partial charge in [-0.15, -0.1) is 0 Å². The lowest BCUT2D eigenvalue weighted by atomic mass is 9.99. The van der Waals surface area contributed by atoms with Crippen LogP contribution in [0.25, 0.3) is 38.3 Å². The number of hydrogen-bond donors (Lipinski definition) is 3. The van der Waals surface area contributed by atoms with Gasteiger partial charge in [-0.3, -0.25) is 4.79 Å². The van der Waals surface area contributed by atoms with Crippen LogP contribution in [-0.2, 0) is 4.79 Å². The van der Waals surface area contributed by atoms with Crippen molar-refractivity contribution in [2.45, 2.75) is 53.4 Å². The summed E-state index contributed by atoms with van der Waals surface area (Å²) in [5, 5.41) is 16.7. The van der Waals surface area contributed by atoms with Crippen LogP contribution in [0.1, 0.15) is 57.8 Å². The van der Waals surface area contributed by atoms with E-state index >= 15 is 0 Å². The number of nitrogens with zero attached hydrogens (tertiary/aromatic N) is 5. The van der Waals surface area contributed by atoms with E-state index in [1.807, 2.05) is 44.7 Å². The van der Waals surface area contributed by atoms with Gasteiger partial charge in [0.2, 0.25) is 0 Å². The normalized spacial score (nSPS) is 12.6. The van der Waals surface area contributed by atoms with Crippen LogP contribution in [0.3, 0.4) is 0 Å². The van der Waals surface area contributed by atoms with Crippen LogP contribution in [0.2, 0.25) is 0 Å². The molecule has 0 spiro atoms. The van der Waals surface area contributed by atoms with E-state index in [0.717, 1.165) is 56.1 Å². The Morgan fingerprint density at radius 3 is 2.44 bits per heavy atom. The van der Waals surface area contributed by atoms with Crippen LogP contribution in [0.15, 0.2) is 43.0 Å². The second-order valence-electron chi connectivity index (χ2n) is 9.33. The summed E-state index contributed by atoms with van der Waals surface area (Å²) in [4.78, 5) is 34.6. The molecular formula is C29H35N7O2S. The minimum Gasteiger partial charge on any atom is -0.481 e. The maximum Gasteiger partial charge on any atom is 0.306 e. The van der Waals surface area contributed by atoms with E-state index in [-0.39, 0.29) is 5.92 Å². The summed E-state index contributed by atoms with van der Waals surface area (Å²) in [5.74, 6) is 0.248. The molecule has 0 aliphatic rings. The maximum absolute atomic E-state index is 11.3. The summed E-state index contributed by atoms with van der Waals surface area (Å²) in [6.07, 6.45) is 12.1. The highest BCUT2D eigenvalue weighted by molar-refractivity contribution is 7.22. The van der Waals surface area contributed by atoms with Gasteiger partial charge in [-0.25, -0.2) is 24.9 Å². The molecule has 4 aromatic rings. The highest BCUT2D eigenvalue weighted by atomic mass is 32.1. The van der Waals surface area contributed by atoms with E-state index in [9.17, 15) is 9.90 Å². The molecule has 4 rings (SSSR count). The number of carboxylic acids is 1. The molecule has 204 valence electrons. The molecule has 3 heterocycles. The molecule has 39 heavy (non-hydrogen) atoms. The van der Waals surface area contributed by atoms with Gasteiger partial charge >= 0.3 is 5.97 Å². The Hall–Kier alpha value is -3.76. The fourth-order valence-corrected chi connectivity index (χ4v) is 5.18. The van der Waals surface area contributed by atoms with Gasteiger partial charge in [0.25, 0.3) is 0 Å². The van der Waals surface area contributed by atoms with Gasteiger partial charge in [-0.2, -0.15) is 0 Å². The van der Waals surface area contributed by atoms with Crippen LogP contribution < -0.4 is 10.6 Å². The number of thiazole rings is 1. The monoisotopic (exact) mass is 545 g/mol. The number of allylic oxidation sites excluding steroid dienone is 2. The highest BCUT2D eigenvalue weighted by Crippen LogP contribution is 2.37. The summed E-state index contributed by atoms with van der Waals surface area (Å²) >= 11 is 1.58. The van der Waals surface area contributed by atoms with E-state index in [4.69, 9.17) is 4.98 Å². The van der Waals surface area contributed by atoms with Gasteiger partial charge in [0.1, 0.15) is 0 Å². The first-order valence-corrected chi connectivity index (χ1v) is 14.2. The fourth-order valence-electron chi connectivity index (χ4n) is 4.23. The first-order chi connectivity index (χ1) is 18.9. The summed E-state index contributed by atoms with van der Waals surface area (Å²) < 4.78 is 1.02. The minimum absolute atomic E-state index is 0.325. The third-order valence-electron chi connectivity index (χ3n) is 6.53. The Morgan fingerprint density at radius 1 is 1.05 bits per heavy atom. The summed E-state index contributed by atoms with van der Waals surface area (Å²) in [6.45, 7) is 9.51. The number of benzene rings is 1. The molecule has 10 heteroatoms. The molecule has 3 N–H and O–H groups in total. The number of aryl methyl sites for hydroxylation is 1. The van der Waals surface area contributed by atoms with Crippen molar-refractivity contribution in [3.05, 3.63) is 54.4 Å². The number of carboxylic acid groups (broad SMARTS) is 1. The zero-order chi connectivity index (χ0) is 27.8. The van der Waals surface area contributed by atoms with Crippen molar-refractivity contribution in [1.29, 1.82) is 0 Å². The van der Waals surface area contributed by atoms with Gasteiger partial charge in [0, 0.05) is 35.9 Å². The topological polar surface area (TPSA) is 126 Å². The molecule has 0 saturated heterocycles. The number of nitrogens with one attached hydrogen (secondary N) is 2. The molecule has 1 aromatic carbocycles. The van der Waals surface area contributed by atoms with Gasteiger partial charge in [-0.05, 0) is 68.0 Å². The lowest BCUT2D eigenvalue weighted by Gasteiger charge is -2.09. The molecule has 1 atom stereocenters. The van der Waals surface area contributed by atoms with Crippen LogP contribution >= 0.6 is 11.3 Å². The lowest BCUT2D eigenvalue weighted by molar-refractivity contribution is -0.142. The number of anilines is 1. The second-order valence-corrected chi connectivity index (χ2v) is 10.3. The number of rotatable bonds is 13. The van der Waals surface area contributed by atoms with E-state index in [0.29, 0.717) is 37.6 Å². The van der Waals surface area contributed by atoms with E-state index in [1.54, 1.807) is 11.3 Å². The molecular weight excluding hydrogens is 510 g/mol. The van der Waals surface area contributed by atoms with Crippen LogP contribution in [-0.4, -0.2) is 49.2 Å². The highest BCUT2D eigenvalue weighted by Gasteiger charge is 2.16. The molecule has 0 saturated carbocycles. The van der Waals surface area contributed by atoms with E-state index in [2.05, 4.69) is 56.6 Å². The Bertz CT molecular complexity index is 1430. The minimum atomic E-state index is -0.738. The Labute approximate surface area is 232 Å². The van der Waals surface area contributed by atoms with Crippen molar-refractivity contribution in [3.63, 3.8) is 0 Å². The summed E-state index contributed by atoms with van der Waals surface area (Å²) in [7, 11) is 0. The van der Waals surface area contributed by atoms with E-state index < -0.39 is 5.97 Å². The number of aliphatic carboxylic acids is 1. The Balaban J connectivity index is 1.65. The lowest BCUT2D eigenvalue weighted by Crippen LogP contribution is -2.20. The predicted molar refractivity (Wildman–Crippen MR) is 157 cm³/mol. The molecule has 0 aliphatic carbocycles. The van der Waals surface area contributed by atoms with Gasteiger partial charge in [0.05, 0.1) is 22.8 Å². The average molecular weight is 546 g/mol. The number of aromatic nitrogens is 5. The van der Waals surface area contributed by atoms with E-state index in [1.165, 1.54) is 0 Å². The zero-order valence-electron chi connectivity index (χ0n) is 22.9. The smallest absolute Gasteiger partial charge is 0.306 e. The average Bonchev–Trinajstić information content (AvgIpc) is 3.36. The standard InChI is InChI=1S/C29H35N7O2S/c1-5-19(9-8-10-20(6-2)28(37)38)26-33-15-22(16-34-26)21-11-23(27-31-13-18(4)14-32-27)25-24(12-21)36-29(39-25)35-17-30-7-3/h9,11-16,20,30H,5-8,10,17H2,1-4H3,(H,35,36)(H,37,38). The molecule has 0 fully saturated rings. The molecule has 1 unspecified atom stereocenters. The molecule has 0 aliphatic heterocycles. The molecule has 0 radical (unpaired) electrons. The molecule has 3 aromatic heterocycles. The first-order valence-electron chi connectivity index (χ1n) is 13.4. The molecule has 0 amide bonds. The Morgan fingerprint density at radius 2 is 1.79 bits per heavy atom. The van der Waals surface area contributed by atoms with Crippen LogP contribution in [0, 0.1) is 12.8 Å². The number of fused-ring (bicyclic) bond motifs is 1. The summed E-state index contributed by atoms with van der Waals surface area (Å²) in [5.41, 5.74) is 5.60. The van der Waals surface area contributed by atoms with Gasteiger partial charge in [0.15, 0.2) is 16.8 Å². The fraction of sp³-hybridized carbons (Fsp3) is 0.379. The van der Waals surface area contributed by atoms with Crippen molar-refractivity contribution < 1.29 is 9.90 Å². The van der Waals surface area contributed by atoms with Crippen molar-refractivity contribution in [2.24, 2.45) is 5.92 Å². The van der Waals surface area contributed by atoms with Gasteiger partial charge < -0.3 is 15.7 Å². The van der Waals surface area contributed by atoms with Gasteiger partial charge in [-0.1, -0.05) is 38.2 Å². The zero-order valence-corrected chi connectivity index (χ0v) is 23.7. The van der Waals surface area contributed by atoms with Crippen molar-refractivity contribution >= 4 is 38.2 Å². The van der Waals surface area contributed by atoms with Crippen molar-refractivity contribution in [3.8, 4) is 22.5 Å². The first kappa shape index (κ1) is 28.3. The second kappa shape index (κ2) is 13.3. The maximum atomic E-state index is 11.3. The number of hydrogen-bond acceptors (Lipinski definition) is 9. The quantitative estimate of drug-likeness (QED) is 0.133. The van der Waals surface area contributed by atoms with Crippen LogP contribution in [0.4, 0.5) is 5.13 Å². The number of carbonyl (C=O) groups is 1. The van der Waals surface area contributed by atoms with Crippen LogP contribution in [0.5, 0.6) is 0 Å². The molecule has 0 bridgehead atoms. The summed E-state index contributed by atoms with van der Waals surface area (Å²) in [6, 6.07) is 4.12. The third-order valence-corrected chi connectivity index (χ3v) is 7.59. The largest absolute Gasteiger partial charge is 0.481 e. The molecule has 9 nitrogen and oxygen atoms in total. The predicted octanol–water partition coefficient (Wildman–Crippen LogP) is 6.18. The SMILES string of the molecule is CCNCNc1nc2cc(-c3cnc(C(=CCCC(CC)C(=O)O)CC)nc3)cc(-c3ncc(C)cn3)c2s1. The third kappa shape index (κ3) is 7.01. The van der Waals surface area contributed by atoms with Crippen molar-refractivity contribution in [1.82, 2.24) is 30.2 Å². The van der Waals surface area contributed by atoms with Crippen molar-refractivity contribution in [2.75, 3.05) is 18.5 Å². The Kier molecular flexibility index (Phi) is 9.67.